The quantitative estimate of drug-likeness (QED) is 0.836. The summed E-state index contributed by atoms with van der Waals surface area (Å²) in [6, 6.07) is 2.36. The van der Waals surface area contributed by atoms with Crippen molar-refractivity contribution < 1.29 is 18.8 Å². The Morgan fingerprint density at radius 3 is 2.74 bits per heavy atom. The van der Waals surface area contributed by atoms with Crippen molar-refractivity contribution in [3.63, 3.8) is 0 Å². The van der Waals surface area contributed by atoms with E-state index in [0.29, 0.717) is 32.5 Å². The molecule has 0 aromatic carbocycles. The van der Waals surface area contributed by atoms with Crippen LogP contribution in [0.4, 0.5) is 4.39 Å². The molecule has 3 saturated heterocycles. The number of nitrogens with zero attached hydrogens (tertiary/aromatic N) is 3. The third-order valence-corrected chi connectivity index (χ3v) is 6.03. The first-order valence-electron chi connectivity index (χ1n) is 9.50. The van der Waals surface area contributed by atoms with E-state index in [4.69, 9.17) is 0 Å². The van der Waals surface area contributed by atoms with Crippen molar-refractivity contribution >= 4 is 17.7 Å². The molecule has 8 heteroatoms. The van der Waals surface area contributed by atoms with Crippen molar-refractivity contribution in [2.45, 2.75) is 38.1 Å². The van der Waals surface area contributed by atoms with E-state index in [1.54, 1.807) is 0 Å². The van der Waals surface area contributed by atoms with E-state index in [9.17, 15) is 18.8 Å². The second-order valence-electron chi connectivity index (χ2n) is 7.62. The smallest absolute Gasteiger partial charge is 0.275 e. The number of rotatable bonds is 2. The highest BCUT2D eigenvalue weighted by Crippen LogP contribution is 2.40. The van der Waals surface area contributed by atoms with Gasteiger partial charge in [-0.2, -0.15) is 0 Å². The van der Waals surface area contributed by atoms with E-state index in [1.807, 2.05) is 4.90 Å². The molecular weight excluding hydrogens is 351 g/mol. The van der Waals surface area contributed by atoms with Gasteiger partial charge in [-0.15, -0.1) is 0 Å². The normalized spacial score (nSPS) is 27.9. The monoisotopic (exact) mass is 374 g/mol. The largest absolute Gasteiger partial charge is 0.352 e. The van der Waals surface area contributed by atoms with Crippen LogP contribution in [0.15, 0.2) is 18.3 Å². The molecule has 0 radical (unpaired) electrons. The first-order chi connectivity index (χ1) is 13.0. The molecule has 4 rings (SSSR count). The number of hydrogen-bond donors (Lipinski definition) is 1. The summed E-state index contributed by atoms with van der Waals surface area (Å²) in [5.41, 5.74) is -1.06. The molecule has 3 aliphatic heterocycles. The van der Waals surface area contributed by atoms with Crippen LogP contribution in [0.25, 0.3) is 0 Å². The second kappa shape index (κ2) is 6.90. The molecule has 0 spiro atoms. The van der Waals surface area contributed by atoms with Crippen molar-refractivity contribution in [1.82, 2.24) is 20.1 Å². The Kier molecular flexibility index (Phi) is 4.57. The number of likely N-dealkylation sites (tertiary alicyclic amines) is 2. The number of amides is 3. The minimum absolute atomic E-state index is 0.00370. The summed E-state index contributed by atoms with van der Waals surface area (Å²) in [5, 5.41) is 2.96. The van der Waals surface area contributed by atoms with Crippen LogP contribution in [0, 0.1) is 11.2 Å². The summed E-state index contributed by atoms with van der Waals surface area (Å²) >= 11 is 0. The first-order valence-corrected chi connectivity index (χ1v) is 9.50. The van der Waals surface area contributed by atoms with Gasteiger partial charge in [-0.25, -0.2) is 9.37 Å². The molecule has 1 aromatic rings. The Labute approximate surface area is 156 Å². The molecule has 0 bridgehead atoms. The molecular formula is C19H23FN4O3. The van der Waals surface area contributed by atoms with Crippen molar-refractivity contribution in [2.75, 3.05) is 26.2 Å². The van der Waals surface area contributed by atoms with Gasteiger partial charge in [-0.05, 0) is 37.8 Å². The number of pyridine rings is 1. The predicted octanol–water partition coefficient (Wildman–Crippen LogP) is 0.954. The van der Waals surface area contributed by atoms with Crippen LogP contribution < -0.4 is 5.32 Å². The minimum Gasteiger partial charge on any atom is -0.352 e. The fourth-order valence-electron chi connectivity index (χ4n) is 4.58. The molecule has 3 fully saturated rings. The zero-order chi connectivity index (χ0) is 19.0. The van der Waals surface area contributed by atoms with Crippen LogP contribution in [0.1, 0.15) is 42.6 Å². The highest BCUT2D eigenvalue weighted by Gasteiger charge is 2.54. The lowest BCUT2D eigenvalue weighted by Gasteiger charge is -2.50. The maximum absolute atomic E-state index is 14.0. The van der Waals surface area contributed by atoms with Crippen molar-refractivity contribution in [1.29, 1.82) is 0 Å². The first kappa shape index (κ1) is 17.9. The molecule has 3 amide bonds. The molecule has 144 valence electrons. The number of aromatic nitrogens is 1. The molecule has 1 N–H and O–H groups in total. The standard InChI is InChI=1S/C19H23FN4O3/c20-13-4-3-8-21-16(13)17(26)24-11-6-14-19(12-24,7-5-15(25)22-14)18(27)23-9-1-2-10-23/h3-4,8,14H,1-2,5-7,9-12H2,(H,22,25)/t14-,19+/m1/s1. The number of carbonyl (C=O) groups excluding carboxylic acids is 3. The lowest BCUT2D eigenvalue weighted by atomic mass is 9.69. The van der Waals surface area contributed by atoms with Gasteiger partial charge in [0.05, 0.1) is 5.41 Å². The van der Waals surface area contributed by atoms with E-state index < -0.39 is 17.1 Å². The lowest BCUT2D eigenvalue weighted by Crippen LogP contribution is -2.67. The number of nitrogens with one attached hydrogen (secondary N) is 1. The van der Waals surface area contributed by atoms with Gasteiger partial charge in [0.25, 0.3) is 5.91 Å². The summed E-state index contributed by atoms with van der Waals surface area (Å²) < 4.78 is 14.0. The van der Waals surface area contributed by atoms with Gasteiger partial charge in [-0.3, -0.25) is 14.4 Å². The van der Waals surface area contributed by atoms with E-state index >= 15 is 0 Å². The average Bonchev–Trinajstić information content (AvgIpc) is 3.21. The molecule has 1 aromatic heterocycles. The Hall–Kier alpha value is -2.51. The number of carbonyl (C=O) groups is 3. The Morgan fingerprint density at radius 1 is 1.22 bits per heavy atom. The van der Waals surface area contributed by atoms with E-state index in [1.165, 1.54) is 23.2 Å². The van der Waals surface area contributed by atoms with Crippen molar-refractivity contribution in [3.05, 3.63) is 29.8 Å². The topological polar surface area (TPSA) is 82.6 Å². The third-order valence-electron chi connectivity index (χ3n) is 6.03. The maximum atomic E-state index is 14.0. The van der Waals surface area contributed by atoms with Gasteiger partial charge in [0.2, 0.25) is 11.8 Å². The second-order valence-corrected chi connectivity index (χ2v) is 7.62. The molecule has 2 atom stereocenters. The van der Waals surface area contributed by atoms with E-state index in [0.717, 1.165) is 12.8 Å². The molecule has 27 heavy (non-hydrogen) atoms. The van der Waals surface area contributed by atoms with Crippen LogP contribution in [-0.2, 0) is 9.59 Å². The van der Waals surface area contributed by atoms with Gasteiger partial charge in [0.1, 0.15) is 0 Å². The SMILES string of the molecule is O=C1CC[C@]2(C(=O)N3CCCC3)CN(C(=O)c3ncccc3F)CC[C@H]2N1. The summed E-state index contributed by atoms with van der Waals surface area (Å²) in [4.78, 5) is 45.4. The third kappa shape index (κ3) is 3.07. The molecule has 0 unspecified atom stereocenters. The van der Waals surface area contributed by atoms with Gasteiger partial charge < -0.3 is 15.1 Å². The van der Waals surface area contributed by atoms with Gasteiger partial charge in [0, 0.05) is 44.8 Å². The lowest BCUT2D eigenvalue weighted by molar-refractivity contribution is -0.151. The van der Waals surface area contributed by atoms with Crippen LogP contribution >= 0.6 is 0 Å². The number of fused-ring (bicyclic) bond motifs is 1. The van der Waals surface area contributed by atoms with Gasteiger partial charge in [-0.1, -0.05) is 0 Å². The highest BCUT2D eigenvalue weighted by molar-refractivity contribution is 5.94. The molecule has 4 heterocycles. The van der Waals surface area contributed by atoms with Crippen LogP contribution in [-0.4, -0.2) is 64.7 Å². The van der Waals surface area contributed by atoms with Crippen LogP contribution in [0.3, 0.4) is 0 Å². The summed E-state index contributed by atoms with van der Waals surface area (Å²) in [6.45, 7) is 1.96. The molecule has 0 aliphatic carbocycles. The van der Waals surface area contributed by atoms with Crippen molar-refractivity contribution in [3.8, 4) is 0 Å². The Balaban J connectivity index is 1.63. The maximum Gasteiger partial charge on any atom is 0.275 e. The Morgan fingerprint density at radius 2 is 2.00 bits per heavy atom. The number of halogens is 1. The zero-order valence-electron chi connectivity index (χ0n) is 15.1. The van der Waals surface area contributed by atoms with E-state index in [2.05, 4.69) is 10.3 Å². The molecule has 3 aliphatic rings. The Bertz CT molecular complexity index is 780. The predicted molar refractivity (Wildman–Crippen MR) is 94.1 cm³/mol. The summed E-state index contributed by atoms with van der Waals surface area (Å²) in [6.07, 6.45) is 4.48. The molecule has 0 saturated carbocycles. The van der Waals surface area contributed by atoms with Crippen LogP contribution in [0.2, 0.25) is 0 Å². The molecule has 7 nitrogen and oxygen atoms in total. The average molecular weight is 374 g/mol. The number of piperidine rings is 2. The fourth-order valence-corrected chi connectivity index (χ4v) is 4.58. The van der Waals surface area contributed by atoms with Gasteiger partial charge in [0.15, 0.2) is 11.5 Å². The minimum atomic E-state index is -0.836. The fraction of sp³-hybridized carbons (Fsp3) is 0.579. The number of hydrogen-bond acceptors (Lipinski definition) is 4. The zero-order valence-corrected chi connectivity index (χ0v) is 15.1. The highest BCUT2D eigenvalue weighted by atomic mass is 19.1. The van der Waals surface area contributed by atoms with Crippen molar-refractivity contribution in [2.24, 2.45) is 5.41 Å². The summed E-state index contributed by atoms with van der Waals surface area (Å²) in [5.74, 6) is -1.22. The summed E-state index contributed by atoms with van der Waals surface area (Å²) in [7, 11) is 0. The van der Waals surface area contributed by atoms with Gasteiger partial charge >= 0.3 is 0 Å². The van der Waals surface area contributed by atoms with E-state index in [-0.39, 0.29) is 36.5 Å². The van der Waals surface area contributed by atoms with Crippen LogP contribution in [0.5, 0.6) is 0 Å².